The molecule has 0 atom stereocenters. The number of fused-ring (bicyclic) bond motifs is 1. The third kappa shape index (κ3) is 7.50. The monoisotopic (exact) mass is 428 g/mol. The molecule has 1 heterocycles. The Balaban J connectivity index is 2.47. The van der Waals surface area contributed by atoms with Crippen molar-refractivity contribution in [1.29, 1.82) is 0 Å². The molecule has 0 spiro atoms. The molecule has 0 saturated heterocycles. The van der Waals surface area contributed by atoms with Gasteiger partial charge in [0.05, 0.1) is 6.10 Å². The maximum absolute atomic E-state index is 12.7. The topological polar surface area (TPSA) is 57.9 Å². The lowest BCUT2D eigenvalue weighted by Crippen LogP contribution is -2.23. The van der Waals surface area contributed by atoms with Crippen molar-refractivity contribution in [3.8, 4) is 17.2 Å². The zero-order valence-corrected chi connectivity index (χ0v) is 20.1. The molecular weight excluding hydrogens is 392 g/mol. The van der Waals surface area contributed by atoms with Crippen LogP contribution in [0.1, 0.15) is 68.2 Å². The SMILES string of the molecule is CC(C)=CCCC(C)=CCOc1c(OC(C)C)c(=O)oc2cccc(OC(C)(C)C)c12. The average molecular weight is 429 g/mol. The van der Waals surface area contributed by atoms with Gasteiger partial charge in [0.1, 0.15) is 28.9 Å². The second kappa shape index (κ2) is 10.6. The normalized spacial score (nSPS) is 12.2. The summed E-state index contributed by atoms with van der Waals surface area (Å²) in [6.45, 7) is 16.2. The standard InChI is InChI=1S/C26H36O5/c1-17(2)11-9-12-19(5)15-16-28-23-22-20(30-25(27)24(23)29-18(3)4)13-10-14-21(22)31-26(6,7)8/h10-11,13-15,18H,9,12,16H2,1-8H3. The summed E-state index contributed by atoms with van der Waals surface area (Å²) >= 11 is 0. The van der Waals surface area contributed by atoms with E-state index in [0.717, 1.165) is 12.8 Å². The van der Waals surface area contributed by atoms with E-state index in [1.165, 1.54) is 11.1 Å². The first-order valence-corrected chi connectivity index (χ1v) is 10.8. The summed E-state index contributed by atoms with van der Waals surface area (Å²) in [5, 5.41) is 0.600. The molecular formula is C26H36O5. The lowest BCUT2D eigenvalue weighted by atomic mass is 10.1. The van der Waals surface area contributed by atoms with Crippen LogP contribution >= 0.6 is 0 Å². The fourth-order valence-electron chi connectivity index (χ4n) is 3.02. The molecule has 0 radical (unpaired) electrons. The number of rotatable bonds is 9. The minimum Gasteiger partial charge on any atom is -0.487 e. The highest BCUT2D eigenvalue weighted by molar-refractivity contribution is 5.91. The van der Waals surface area contributed by atoms with E-state index in [-0.39, 0.29) is 11.9 Å². The fourth-order valence-corrected chi connectivity index (χ4v) is 3.02. The van der Waals surface area contributed by atoms with Crippen molar-refractivity contribution >= 4 is 11.0 Å². The summed E-state index contributed by atoms with van der Waals surface area (Å²) in [6, 6.07) is 5.38. The number of hydrogen-bond acceptors (Lipinski definition) is 5. The zero-order chi connectivity index (χ0) is 23.2. The van der Waals surface area contributed by atoms with Crippen LogP contribution in [-0.2, 0) is 0 Å². The van der Waals surface area contributed by atoms with Gasteiger partial charge in [0.25, 0.3) is 0 Å². The van der Waals surface area contributed by atoms with Crippen LogP contribution in [0.15, 0.2) is 50.7 Å². The van der Waals surface area contributed by atoms with Crippen LogP contribution in [0.5, 0.6) is 17.2 Å². The molecule has 0 bridgehead atoms. The molecule has 5 nitrogen and oxygen atoms in total. The van der Waals surface area contributed by atoms with Gasteiger partial charge < -0.3 is 18.6 Å². The molecule has 170 valence electrons. The molecule has 5 heteroatoms. The Morgan fingerprint density at radius 3 is 2.42 bits per heavy atom. The van der Waals surface area contributed by atoms with Gasteiger partial charge in [-0.25, -0.2) is 4.79 Å². The molecule has 0 aliphatic carbocycles. The van der Waals surface area contributed by atoms with Crippen LogP contribution in [-0.4, -0.2) is 18.3 Å². The van der Waals surface area contributed by atoms with Crippen molar-refractivity contribution < 1.29 is 18.6 Å². The van der Waals surface area contributed by atoms with Gasteiger partial charge >= 0.3 is 5.63 Å². The Morgan fingerprint density at radius 2 is 1.81 bits per heavy atom. The number of allylic oxidation sites excluding steroid dienone is 3. The van der Waals surface area contributed by atoms with Crippen LogP contribution < -0.4 is 19.8 Å². The van der Waals surface area contributed by atoms with E-state index in [0.29, 0.717) is 29.1 Å². The molecule has 0 N–H and O–H groups in total. The Hall–Kier alpha value is -2.69. The lowest BCUT2D eigenvalue weighted by molar-refractivity contribution is 0.132. The second-order valence-electron chi connectivity index (χ2n) is 9.24. The number of benzene rings is 1. The Labute approximate surface area is 185 Å². The molecule has 0 amide bonds. The molecule has 0 fully saturated rings. The van der Waals surface area contributed by atoms with Gasteiger partial charge in [-0.2, -0.15) is 0 Å². The van der Waals surface area contributed by atoms with Gasteiger partial charge in [-0.1, -0.05) is 23.3 Å². The van der Waals surface area contributed by atoms with Gasteiger partial charge in [0.15, 0.2) is 5.75 Å². The van der Waals surface area contributed by atoms with Crippen molar-refractivity contribution in [1.82, 2.24) is 0 Å². The maximum atomic E-state index is 12.7. The minimum absolute atomic E-state index is 0.0723. The number of hydrogen-bond donors (Lipinski definition) is 0. The van der Waals surface area contributed by atoms with Gasteiger partial charge in [-0.15, -0.1) is 0 Å². The van der Waals surface area contributed by atoms with E-state index < -0.39 is 11.2 Å². The molecule has 0 aliphatic rings. The summed E-state index contributed by atoms with van der Waals surface area (Å²) in [7, 11) is 0. The van der Waals surface area contributed by atoms with Crippen LogP contribution in [0.4, 0.5) is 0 Å². The van der Waals surface area contributed by atoms with Crippen molar-refractivity contribution in [3.63, 3.8) is 0 Å². The molecule has 31 heavy (non-hydrogen) atoms. The molecule has 1 aromatic heterocycles. The molecule has 1 aromatic carbocycles. The molecule has 0 unspecified atom stereocenters. The van der Waals surface area contributed by atoms with E-state index in [2.05, 4.69) is 26.8 Å². The first-order chi connectivity index (χ1) is 14.5. The summed E-state index contributed by atoms with van der Waals surface area (Å²) in [5.74, 6) is 1.01. The Kier molecular flexibility index (Phi) is 8.37. The lowest BCUT2D eigenvalue weighted by Gasteiger charge is -2.23. The Morgan fingerprint density at radius 1 is 1.10 bits per heavy atom. The summed E-state index contributed by atoms with van der Waals surface area (Å²) in [6.07, 6.45) is 6.00. The van der Waals surface area contributed by atoms with E-state index in [9.17, 15) is 4.79 Å². The van der Waals surface area contributed by atoms with Crippen LogP contribution in [0, 0.1) is 0 Å². The van der Waals surface area contributed by atoms with Gasteiger partial charge in [0.2, 0.25) is 5.75 Å². The van der Waals surface area contributed by atoms with E-state index in [1.54, 1.807) is 12.1 Å². The highest BCUT2D eigenvalue weighted by Crippen LogP contribution is 2.40. The molecule has 2 rings (SSSR count). The van der Waals surface area contributed by atoms with Crippen molar-refractivity contribution in [2.24, 2.45) is 0 Å². The third-order valence-corrected chi connectivity index (χ3v) is 4.33. The molecule has 2 aromatic rings. The quantitative estimate of drug-likeness (QED) is 0.324. The van der Waals surface area contributed by atoms with Gasteiger partial charge in [-0.3, -0.25) is 0 Å². The second-order valence-corrected chi connectivity index (χ2v) is 9.24. The van der Waals surface area contributed by atoms with Crippen LogP contribution in [0.2, 0.25) is 0 Å². The predicted molar refractivity (Wildman–Crippen MR) is 127 cm³/mol. The van der Waals surface area contributed by atoms with Crippen molar-refractivity contribution in [2.75, 3.05) is 6.61 Å². The third-order valence-electron chi connectivity index (χ3n) is 4.33. The highest BCUT2D eigenvalue weighted by Gasteiger charge is 2.24. The minimum atomic E-state index is -0.562. The molecule has 0 saturated carbocycles. The van der Waals surface area contributed by atoms with E-state index in [4.69, 9.17) is 18.6 Å². The zero-order valence-electron chi connectivity index (χ0n) is 20.1. The predicted octanol–water partition coefficient (Wildman–Crippen LogP) is 6.83. The van der Waals surface area contributed by atoms with Gasteiger partial charge in [-0.05, 0) is 86.4 Å². The smallest absolute Gasteiger partial charge is 0.383 e. The Bertz CT molecular complexity index is 999. The summed E-state index contributed by atoms with van der Waals surface area (Å²) < 4.78 is 23.6. The first kappa shape index (κ1) is 24.6. The maximum Gasteiger partial charge on any atom is 0.383 e. The van der Waals surface area contributed by atoms with E-state index >= 15 is 0 Å². The fraction of sp³-hybridized carbons (Fsp3) is 0.500. The van der Waals surface area contributed by atoms with Crippen molar-refractivity contribution in [2.45, 2.75) is 79.9 Å². The van der Waals surface area contributed by atoms with Crippen LogP contribution in [0.3, 0.4) is 0 Å². The molecule has 0 aliphatic heterocycles. The van der Waals surface area contributed by atoms with Crippen LogP contribution in [0.25, 0.3) is 11.0 Å². The first-order valence-electron chi connectivity index (χ1n) is 10.8. The van der Waals surface area contributed by atoms with E-state index in [1.807, 2.05) is 46.8 Å². The summed E-state index contributed by atoms with van der Waals surface area (Å²) in [5.41, 5.74) is 1.95. The summed E-state index contributed by atoms with van der Waals surface area (Å²) in [4.78, 5) is 12.7. The number of ether oxygens (including phenoxy) is 3. The average Bonchev–Trinajstić information content (AvgIpc) is 2.62. The largest absolute Gasteiger partial charge is 0.487 e. The highest BCUT2D eigenvalue weighted by atomic mass is 16.5. The van der Waals surface area contributed by atoms with Crippen molar-refractivity contribution in [3.05, 3.63) is 51.9 Å². The van der Waals surface area contributed by atoms with Gasteiger partial charge in [0, 0.05) is 0 Å².